The zero-order chi connectivity index (χ0) is 13.5. The minimum absolute atomic E-state index is 0. The molecule has 1 atom stereocenters. The molecule has 0 saturated carbocycles. The van der Waals surface area contributed by atoms with Crippen molar-refractivity contribution in [1.29, 1.82) is 0 Å². The minimum Gasteiger partial charge on any atom is -0.376 e. The Kier molecular flexibility index (Phi) is 7.90. The van der Waals surface area contributed by atoms with Crippen LogP contribution in [0.5, 0.6) is 0 Å². The molecule has 1 saturated heterocycles. The predicted octanol–water partition coefficient (Wildman–Crippen LogP) is 1.87. The van der Waals surface area contributed by atoms with E-state index in [2.05, 4.69) is 15.5 Å². The number of rotatable bonds is 4. The van der Waals surface area contributed by atoms with E-state index in [9.17, 15) is 0 Å². The molecule has 6 nitrogen and oxygen atoms in total. The topological polar surface area (TPSA) is 62.9 Å². The molecule has 0 aliphatic carbocycles. The summed E-state index contributed by atoms with van der Waals surface area (Å²) in [5, 5.41) is 7.24. The lowest BCUT2D eigenvalue weighted by Crippen LogP contribution is -2.43. The SMILES string of the molecule is CN=C(NCC1CCCCO1)N(C)Cc1ccon1.I. The zero-order valence-corrected chi connectivity index (χ0v) is 14.4. The molecule has 1 fully saturated rings. The van der Waals surface area contributed by atoms with Crippen LogP contribution in [0.25, 0.3) is 0 Å². The van der Waals surface area contributed by atoms with Crippen LogP contribution in [0, 0.1) is 0 Å². The fourth-order valence-corrected chi connectivity index (χ4v) is 2.20. The molecule has 0 aromatic carbocycles. The third-order valence-electron chi connectivity index (χ3n) is 3.23. The predicted molar refractivity (Wildman–Crippen MR) is 88.3 cm³/mol. The standard InChI is InChI=1S/C13H22N4O2.HI/c1-14-13(15-9-12-5-3-4-7-18-12)17(2)10-11-6-8-19-16-11;/h6,8,12H,3-5,7,9-10H2,1-2H3,(H,14,15);1H. The molecule has 0 spiro atoms. The average molecular weight is 394 g/mol. The van der Waals surface area contributed by atoms with Gasteiger partial charge in [-0.1, -0.05) is 5.16 Å². The summed E-state index contributed by atoms with van der Waals surface area (Å²) < 4.78 is 10.5. The molecule has 1 aromatic rings. The number of aromatic nitrogens is 1. The Labute approximate surface area is 137 Å². The van der Waals surface area contributed by atoms with E-state index < -0.39 is 0 Å². The molecule has 2 rings (SSSR count). The van der Waals surface area contributed by atoms with E-state index in [1.54, 1.807) is 13.3 Å². The first-order valence-corrected chi connectivity index (χ1v) is 6.72. The van der Waals surface area contributed by atoms with Gasteiger partial charge in [0, 0.05) is 33.3 Å². The van der Waals surface area contributed by atoms with Gasteiger partial charge in [-0.25, -0.2) is 0 Å². The third-order valence-corrected chi connectivity index (χ3v) is 3.23. The summed E-state index contributed by atoms with van der Waals surface area (Å²) in [5.74, 6) is 0.845. The van der Waals surface area contributed by atoms with Crippen LogP contribution in [-0.4, -0.2) is 49.4 Å². The van der Waals surface area contributed by atoms with Gasteiger partial charge in [0.15, 0.2) is 5.96 Å². The molecule has 0 amide bonds. The van der Waals surface area contributed by atoms with Gasteiger partial charge in [-0.2, -0.15) is 0 Å². The molecular weight excluding hydrogens is 371 g/mol. The largest absolute Gasteiger partial charge is 0.376 e. The number of ether oxygens (including phenoxy) is 1. The van der Waals surface area contributed by atoms with Crippen LogP contribution in [0.4, 0.5) is 0 Å². The molecule has 1 unspecified atom stereocenters. The van der Waals surface area contributed by atoms with E-state index in [0.717, 1.165) is 31.2 Å². The van der Waals surface area contributed by atoms with E-state index in [1.165, 1.54) is 12.8 Å². The smallest absolute Gasteiger partial charge is 0.193 e. The van der Waals surface area contributed by atoms with E-state index in [4.69, 9.17) is 9.26 Å². The summed E-state index contributed by atoms with van der Waals surface area (Å²) in [6, 6.07) is 1.86. The highest BCUT2D eigenvalue weighted by Gasteiger charge is 2.15. The second kappa shape index (κ2) is 9.17. The van der Waals surface area contributed by atoms with Crippen LogP contribution in [0.3, 0.4) is 0 Å². The van der Waals surface area contributed by atoms with Gasteiger partial charge < -0.3 is 19.5 Å². The summed E-state index contributed by atoms with van der Waals surface area (Å²) >= 11 is 0. The van der Waals surface area contributed by atoms with Gasteiger partial charge in [0.05, 0.1) is 12.6 Å². The zero-order valence-electron chi connectivity index (χ0n) is 12.0. The first-order chi connectivity index (χ1) is 9.29. The molecule has 1 aliphatic heterocycles. The van der Waals surface area contributed by atoms with Crippen LogP contribution in [-0.2, 0) is 11.3 Å². The maximum atomic E-state index is 5.70. The van der Waals surface area contributed by atoms with Crippen LogP contribution in [0.15, 0.2) is 21.8 Å². The van der Waals surface area contributed by atoms with Crippen LogP contribution in [0.2, 0.25) is 0 Å². The fraction of sp³-hybridized carbons (Fsp3) is 0.692. The highest BCUT2D eigenvalue weighted by atomic mass is 127. The first-order valence-electron chi connectivity index (χ1n) is 6.72. The lowest BCUT2D eigenvalue weighted by atomic mass is 10.1. The molecule has 0 bridgehead atoms. The van der Waals surface area contributed by atoms with Gasteiger partial charge in [0.25, 0.3) is 0 Å². The Morgan fingerprint density at radius 1 is 1.55 bits per heavy atom. The molecule has 114 valence electrons. The number of aliphatic imine (C=N–C) groups is 1. The molecule has 0 radical (unpaired) electrons. The molecular formula is C13H23IN4O2. The average Bonchev–Trinajstić information content (AvgIpc) is 2.93. The lowest BCUT2D eigenvalue weighted by molar-refractivity contribution is 0.0191. The van der Waals surface area contributed by atoms with Gasteiger partial charge in [-0.3, -0.25) is 4.99 Å². The monoisotopic (exact) mass is 394 g/mol. The first kappa shape index (κ1) is 17.2. The van der Waals surface area contributed by atoms with E-state index in [-0.39, 0.29) is 24.0 Å². The number of hydrogen-bond acceptors (Lipinski definition) is 4. The second-order valence-electron chi connectivity index (χ2n) is 4.76. The number of hydrogen-bond donors (Lipinski definition) is 1. The van der Waals surface area contributed by atoms with Crippen molar-refractivity contribution in [3.8, 4) is 0 Å². The third kappa shape index (κ3) is 5.28. The Morgan fingerprint density at radius 3 is 3.00 bits per heavy atom. The second-order valence-corrected chi connectivity index (χ2v) is 4.76. The summed E-state index contributed by atoms with van der Waals surface area (Å²) in [7, 11) is 3.76. The van der Waals surface area contributed by atoms with Crippen molar-refractivity contribution < 1.29 is 9.26 Å². The lowest BCUT2D eigenvalue weighted by Gasteiger charge is -2.26. The minimum atomic E-state index is 0. The Bertz CT molecular complexity index is 391. The van der Waals surface area contributed by atoms with Crippen molar-refractivity contribution >= 4 is 29.9 Å². The van der Waals surface area contributed by atoms with Gasteiger partial charge in [-0.05, 0) is 19.3 Å². The normalized spacial score (nSPS) is 19.3. The Morgan fingerprint density at radius 2 is 2.40 bits per heavy atom. The van der Waals surface area contributed by atoms with Crippen molar-refractivity contribution in [2.45, 2.75) is 31.9 Å². The molecule has 1 aliphatic rings. The summed E-state index contributed by atoms with van der Waals surface area (Å²) in [6.45, 7) is 2.34. The maximum absolute atomic E-state index is 5.70. The van der Waals surface area contributed by atoms with Gasteiger partial charge in [0.2, 0.25) is 0 Å². The molecule has 7 heteroatoms. The number of nitrogens with zero attached hydrogens (tertiary/aromatic N) is 3. The van der Waals surface area contributed by atoms with Crippen molar-refractivity contribution in [2.75, 3.05) is 27.2 Å². The van der Waals surface area contributed by atoms with Gasteiger partial charge in [0.1, 0.15) is 12.0 Å². The highest BCUT2D eigenvalue weighted by molar-refractivity contribution is 14.0. The van der Waals surface area contributed by atoms with Crippen LogP contribution in [0.1, 0.15) is 25.0 Å². The van der Waals surface area contributed by atoms with E-state index >= 15 is 0 Å². The summed E-state index contributed by atoms with van der Waals surface area (Å²) in [5.41, 5.74) is 0.888. The molecule has 2 heterocycles. The number of nitrogens with one attached hydrogen (secondary N) is 1. The van der Waals surface area contributed by atoms with Gasteiger partial charge in [-0.15, -0.1) is 24.0 Å². The van der Waals surface area contributed by atoms with Crippen molar-refractivity contribution in [2.24, 2.45) is 4.99 Å². The highest BCUT2D eigenvalue weighted by Crippen LogP contribution is 2.11. The van der Waals surface area contributed by atoms with Gasteiger partial charge >= 0.3 is 0 Å². The molecule has 20 heavy (non-hydrogen) atoms. The Hall–Kier alpha value is -0.830. The van der Waals surface area contributed by atoms with Crippen LogP contribution < -0.4 is 5.32 Å². The Balaban J connectivity index is 0.00000200. The summed E-state index contributed by atoms with van der Waals surface area (Å²) in [4.78, 5) is 6.28. The van der Waals surface area contributed by atoms with Crippen LogP contribution >= 0.6 is 24.0 Å². The molecule has 1 aromatic heterocycles. The molecule has 1 N–H and O–H groups in total. The fourth-order valence-electron chi connectivity index (χ4n) is 2.20. The van der Waals surface area contributed by atoms with Crippen molar-refractivity contribution in [3.63, 3.8) is 0 Å². The quantitative estimate of drug-likeness (QED) is 0.480. The maximum Gasteiger partial charge on any atom is 0.193 e. The van der Waals surface area contributed by atoms with E-state index in [1.807, 2.05) is 18.0 Å². The van der Waals surface area contributed by atoms with Crippen molar-refractivity contribution in [3.05, 3.63) is 18.0 Å². The number of guanidine groups is 1. The van der Waals surface area contributed by atoms with E-state index in [0.29, 0.717) is 12.6 Å². The van der Waals surface area contributed by atoms with Crippen molar-refractivity contribution in [1.82, 2.24) is 15.4 Å². The summed E-state index contributed by atoms with van der Waals surface area (Å²) in [6.07, 6.45) is 5.43. The number of halogens is 1.